The number of amides is 1. The molecule has 8 heteroatoms. The second-order valence-electron chi connectivity index (χ2n) is 5.21. The molecule has 0 spiro atoms. The fourth-order valence-corrected chi connectivity index (χ4v) is 3.24. The van der Waals surface area contributed by atoms with Crippen molar-refractivity contribution in [2.45, 2.75) is 6.54 Å². The molecule has 0 saturated carbocycles. The Kier molecular flexibility index (Phi) is 5.54. The quantitative estimate of drug-likeness (QED) is 0.586. The molecule has 0 saturated heterocycles. The number of nitrogens with zero attached hydrogens (tertiary/aromatic N) is 2. The third kappa shape index (κ3) is 4.28. The molecule has 0 aliphatic carbocycles. The van der Waals surface area contributed by atoms with Crippen LogP contribution >= 0.6 is 46.4 Å². The van der Waals surface area contributed by atoms with E-state index in [0.29, 0.717) is 32.9 Å². The zero-order chi connectivity index (χ0) is 18.0. The van der Waals surface area contributed by atoms with Crippen molar-refractivity contribution in [1.29, 1.82) is 0 Å². The molecule has 0 atom stereocenters. The SMILES string of the molecule is O=C(Nc1cnn(Cc2c(Cl)cccc2Cl)c1)c1ccc(Cl)cc1Cl. The van der Waals surface area contributed by atoms with E-state index in [1.165, 1.54) is 12.3 Å². The van der Waals surface area contributed by atoms with Crippen molar-refractivity contribution in [3.63, 3.8) is 0 Å². The predicted octanol–water partition coefficient (Wildman–Crippen LogP) is 5.80. The molecule has 0 radical (unpaired) electrons. The number of anilines is 1. The van der Waals surface area contributed by atoms with Crippen molar-refractivity contribution in [3.05, 3.63) is 80.0 Å². The molecular formula is C17H11Cl4N3O. The van der Waals surface area contributed by atoms with Gasteiger partial charge in [0.25, 0.3) is 5.91 Å². The van der Waals surface area contributed by atoms with Crippen LogP contribution < -0.4 is 5.32 Å². The van der Waals surface area contributed by atoms with Gasteiger partial charge in [0.15, 0.2) is 0 Å². The third-order valence-electron chi connectivity index (χ3n) is 3.45. The highest BCUT2D eigenvalue weighted by Gasteiger charge is 2.13. The summed E-state index contributed by atoms with van der Waals surface area (Å²) in [7, 11) is 0. The molecule has 3 aromatic rings. The van der Waals surface area contributed by atoms with Crippen LogP contribution in [0.5, 0.6) is 0 Å². The average Bonchev–Trinajstić information content (AvgIpc) is 2.98. The second kappa shape index (κ2) is 7.67. The molecule has 0 aliphatic heterocycles. The van der Waals surface area contributed by atoms with E-state index >= 15 is 0 Å². The van der Waals surface area contributed by atoms with Crippen LogP contribution in [0, 0.1) is 0 Å². The maximum Gasteiger partial charge on any atom is 0.257 e. The summed E-state index contributed by atoms with van der Waals surface area (Å²) >= 11 is 24.2. The first-order valence-electron chi connectivity index (χ1n) is 7.16. The smallest absolute Gasteiger partial charge is 0.257 e. The molecule has 0 aliphatic rings. The molecule has 0 unspecified atom stereocenters. The summed E-state index contributed by atoms with van der Waals surface area (Å²) in [5, 5.41) is 8.80. The van der Waals surface area contributed by atoms with Gasteiger partial charge < -0.3 is 5.32 Å². The molecule has 1 amide bonds. The van der Waals surface area contributed by atoms with Gasteiger partial charge in [-0.2, -0.15) is 5.10 Å². The third-order valence-corrected chi connectivity index (χ3v) is 4.70. The predicted molar refractivity (Wildman–Crippen MR) is 102 cm³/mol. The van der Waals surface area contributed by atoms with Gasteiger partial charge in [-0.15, -0.1) is 0 Å². The van der Waals surface area contributed by atoms with Gasteiger partial charge in [-0.05, 0) is 30.3 Å². The molecular weight excluding hydrogens is 404 g/mol. The summed E-state index contributed by atoms with van der Waals surface area (Å²) in [5.41, 5.74) is 1.61. The summed E-state index contributed by atoms with van der Waals surface area (Å²) in [4.78, 5) is 12.3. The van der Waals surface area contributed by atoms with Crippen molar-refractivity contribution in [3.8, 4) is 0 Å². The van der Waals surface area contributed by atoms with Crippen LogP contribution in [-0.2, 0) is 6.54 Å². The first-order valence-corrected chi connectivity index (χ1v) is 8.67. The van der Waals surface area contributed by atoms with Crippen LogP contribution in [0.25, 0.3) is 0 Å². The molecule has 4 nitrogen and oxygen atoms in total. The highest BCUT2D eigenvalue weighted by atomic mass is 35.5. The van der Waals surface area contributed by atoms with E-state index in [0.717, 1.165) is 5.56 Å². The van der Waals surface area contributed by atoms with E-state index in [9.17, 15) is 4.79 Å². The summed E-state index contributed by atoms with van der Waals surface area (Å²) in [6, 6.07) is 9.98. The zero-order valence-electron chi connectivity index (χ0n) is 12.6. The number of hydrogen-bond acceptors (Lipinski definition) is 2. The van der Waals surface area contributed by atoms with Crippen LogP contribution in [-0.4, -0.2) is 15.7 Å². The number of carbonyl (C=O) groups is 1. The number of benzene rings is 2. The van der Waals surface area contributed by atoms with Crippen molar-refractivity contribution in [1.82, 2.24) is 9.78 Å². The molecule has 0 bridgehead atoms. The zero-order valence-corrected chi connectivity index (χ0v) is 15.7. The van der Waals surface area contributed by atoms with Gasteiger partial charge in [0.05, 0.1) is 29.0 Å². The monoisotopic (exact) mass is 413 g/mol. The Labute approximate surface area is 164 Å². The van der Waals surface area contributed by atoms with Gasteiger partial charge in [-0.1, -0.05) is 52.5 Å². The Bertz CT molecular complexity index is 919. The largest absolute Gasteiger partial charge is 0.319 e. The van der Waals surface area contributed by atoms with Crippen molar-refractivity contribution < 1.29 is 4.79 Å². The first kappa shape index (κ1) is 18.1. The Hall–Kier alpha value is -1.72. The highest BCUT2D eigenvalue weighted by molar-refractivity contribution is 6.37. The maximum absolute atomic E-state index is 12.3. The van der Waals surface area contributed by atoms with Gasteiger partial charge in [-0.3, -0.25) is 9.48 Å². The van der Waals surface area contributed by atoms with Gasteiger partial charge in [0, 0.05) is 26.8 Å². The lowest BCUT2D eigenvalue weighted by Crippen LogP contribution is -2.12. The summed E-state index contributed by atoms with van der Waals surface area (Å²) in [5.74, 6) is -0.350. The maximum atomic E-state index is 12.3. The first-order chi connectivity index (χ1) is 11.9. The molecule has 1 heterocycles. The minimum absolute atomic E-state index is 0.278. The van der Waals surface area contributed by atoms with Crippen LogP contribution in [0.2, 0.25) is 20.1 Å². The van der Waals surface area contributed by atoms with E-state index < -0.39 is 0 Å². The van der Waals surface area contributed by atoms with Crippen LogP contribution in [0.4, 0.5) is 5.69 Å². The molecule has 3 rings (SSSR count). The summed E-state index contributed by atoms with van der Waals surface area (Å²) in [6.07, 6.45) is 3.22. The van der Waals surface area contributed by atoms with Crippen molar-refractivity contribution >= 4 is 58.0 Å². The molecule has 1 aromatic heterocycles. The number of aromatic nitrogens is 2. The van der Waals surface area contributed by atoms with Crippen LogP contribution in [0.15, 0.2) is 48.8 Å². The van der Waals surface area contributed by atoms with E-state index in [4.69, 9.17) is 46.4 Å². The Balaban J connectivity index is 1.74. The summed E-state index contributed by atoms with van der Waals surface area (Å²) in [6.45, 7) is 0.385. The van der Waals surface area contributed by atoms with Crippen molar-refractivity contribution in [2.75, 3.05) is 5.32 Å². The van der Waals surface area contributed by atoms with E-state index in [1.807, 2.05) is 0 Å². The van der Waals surface area contributed by atoms with Gasteiger partial charge in [-0.25, -0.2) is 0 Å². The number of carbonyl (C=O) groups excluding carboxylic acids is 1. The fourth-order valence-electron chi connectivity index (χ4n) is 2.23. The molecule has 25 heavy (non-hydrogen) atoms. The average molecular weight is 415 g/mol. The van der Waals surface area contributed by atoms with Gasteiger partial charge in [0.2, 0.25) is 0 Å². The van der Waals surface area contributed by atoms with Crippen molar-refractivity contribution in [2.24, 2.45) is 0 Å². The number of hydrogen-bond donors (Lipinski definition) is 1. The number of rotatable bonds is 4. The van der Waals surface area contributed by atoms with E-state index in [2.05, 4.69) is 10.4 Å². The minimum Gasteiger partial charge on any atom is -0.319 e. The van der Waals surface area contributed by atoms with Crippen LogP contribution in [0.3, 0.4) is 0 Å². The lowest BCUT2D eigenvalue weighted by molar-refractivity contribution is 0.102. The van der Waals surface area contributed by atoms with E-state index in [-0.39, 0.29) is 10.9 Å². The molecule has 128 valence electrons. The lowest BCUT2D eigenvalue weighted by Gasteiger charge is -2.07. The minimum atomic E-state index is -0.350. The molecule has 2 aromatic carbocycles. The molecule has 0 fully saturated rings. The van der Waals surface area contributed by atoms with E-state index in [1.54, 1.807) is 41.2 Å². The normalized spacial score (nSPS) is 10.7. The Morgan fingerprint density at radius 1 is 1.04 bits per heavy atom. The lowest BCUT2D eigenvalue weighted by atomic mass is 10.2. The Morgan fingerprint density at radius 3 is 2.44 bits per heavy atom. The molecule has 1 N–H and O–H groups in total. The highest BCUT2D eigenvalue weighted by Crippen LogP contribution is 2.25. The second-order valence-corrected chi connectivity index (χ2v) is 6.86. The van der Waals surface area contributed by atoms with Crippen LogP contribution in [0.1, 0.15) is 15.9 Å². The van der Waals surface area contributed by atoms with Gasteiger partial charge >= 0.3 is 0 Å². The fraction of sp³-hybridized carbons (Fsp3) is 0.0588. The summed E-state index contributed by atoms with van der Waals surface area (Å²) < 4.78 is 1.63. The standard InChI is InChI=1S/C17H11Cl4N3O/c18-10-4-5-12(16(21)6-10)17(25)23-11-7-22-24(8-11)9-13-14(19)2-1-3-15(13)20/h1-8H,9H2,(H,23,25). The number of nitrogens with one attached hydrogen (secondary N) is 1. The topological polar surface area (TPSA) is 46.9 Å². The van der Waals surface area contributed by atoms with Gasteiger partial charge in [0.1, 0.15) is 0 Å². The Morgan fingerprint density at radius 2 is 1.76 bits per heavy atom. The number of halogens is 4.